The number of carbonyl (C=O) groups excluding carboxylic acids is 2. The second kappa shape index (κ2) is 8.78. The molecule has 0 fully saturated rings. The number of ether oxygens (including phenoxy) is 4. The minimum absolute atomic E-state index is 0.119. The van der Waals surface area contributed by atoms with Crippen molar-refractivity contribution in [3.63, 3.8) is 0 Å². The molecule has 0 atom stereocenters. The Kier molecular flexibility index (Phi) is 6.18. The Morgan fingerprint density at radius 2 is 1.79 bits per heavy atom. The zero-order valence-corrected chi connectivity index (χ0v) is 17.2. The topological polar surface area (TPSA) is 96.0 Å². The number of hydrogen-bond acceptors (Lipinski definition) is 8. The summed E-state index contributed by atoms with van der Waals surface area (Å²) in [5.41, 5.74) is 2.02. The first-order valence-electron chi connectivity index (χ1n) is 8.60. The number of carbonyl (C=O) groups is 2. The fourth-order valence-corrected chi connectivity index (χ4v) is 3.69. The van der Waals surface area contributed by atoms with Gasteiger partial charge in [0.2, 0.25) is 5.75 Å². The van der Waals surface area contributed by atoms with Crippen molar-refractivity contribution in [3.05, 3.63) is 41.5 Å². The number of nitrogens with zero attached hydrogens (tertiary/aromatic N) is 1. The first-order chi connectivity index (χ1) is 14.0. The number of hydrogen-bond donors (Lipinski definition) is 1. The number of aryl methyl sites for hydroxylation is 1. The molecule has 0 bridgehead atoms. The Balaban J connectivity index is 1.67. The number of methoxy groups -OCH3 is 3. The highest BCUT2D eigenvalue weighted by Crippen LogP contribution is 2.40. The van der Waals surface area contributed by atoms with Crippen molar-refractivity contribution in [3.8, 4) is 17.2 Å². The summed E-state index contributed by atoms with van der Waals surface area (Å²) in [6.45, 7) is 1.52. The molecule has 0 unspecified atom stereocenters. The molecule has 0 saturated carbocycles. The number of esters is 1. The molecular weight excluding hydrogens is 396 g/mol. The van der Waals surface area contributed by atoms with E-state index >= 15 is 0 Å². The highest BCUT2D eigenvalue weighted by atomic mass is 32.1. The molecule has 0 aliphatic rings. The quantitative estimate of drug-likeness (QED) is 0.590. The zero-order valence-electron chi connectivity index (χ0n) is 16.4. The van der Waals surface area contributed by atoms with E-state index in [1.165, 1.54) is 38.7 Å². The van der Waals surface area contributed by atoms with Gasteiger partial charge in [-0.2, -0.15) is 0 Å². The maximum atomic E-state index is 12.4. The molecule has 0 radical (unpaired) electrons. The third-order valence-electron chi connectivity index (χ3n) is 4.05. The van der Waals surface area contributed by atoms with Crippen LogP contribution in [0.4, 0.5) is 5.13 Å². The summed E-state index contributed by atoms with van der Waals surface area (Å²) < 4.78 is 21.8. The zero-order chi connectivity index (χ0) is 21.0. The normalized spacial score (nSPS) is 10.5. The van der Waals surface area contributed by atoms with Crippen LogP contribution in [-0.4, -0.2) is 44.8 Å². The molecule has 8 nitrogen and oxygen atoms in total. The number of benzene rings is 2. The summed E-state index contributed by atoms with van der Waals surface area (Å²) in [6.07, 6.45) is 0. The Labute approximate surface area is 171 Å². The molecule has 0 saturated heterocycles. The summed E-state index contributed by atoms with van der Waals surface area (Å²) >= 11 is 1.35. The van der Waals surface area contributed by atoms with E-state index in [0.717, 1.165) is 15.8 Å². The summed E-state index contributed by atoms with van der Waals surface area (Å²) in [7, 11) is 4.31. The Morgan fingerprint density at radius 3 is 2.48 bits per heavy atom. The maximum Gasteiger partial charge on any atom is 0.342 e. The van der Waals surface area contributed by atoms with Crippen LogP contribution in [-0.2, 0) is 9.53 Å². The molecule has 9 heteroatoms. The molecule has 0 spiro atoms. The first kappa shape index (κ1) is 20.4. The van der Waals surface area contributed by atoms with Crippen LogP contribution in [0.2, 0.25) is 0 Å². The van der Waals surface area contributed by atoms with Crippen molar-refractivity contribution in [1.82, 2.24) is 4.98 Å². The minimum Gasteiger partial charge on any atom is -0.493 e. The number of anilines is 1. The summed E-state index contributed by atoms with van der Waals surface area (Å²) in [4.78, 5) is 29.0. The van der Waals surface area contributed by atoms with E-state index in [-0.39, 0.29) is 17.1 Å². The van der Waals surface area contributed by atoms with E-state index in [0.29, 0.717) is 10.9 Å². The van der Waals surface area contributed by atoms with Crippen molar-refractivity contribution in [2.24, 2.45) is 0 Å². The fourth-order valence-electron chi connectivity index (χ4n) is 2.71. The van der Waals surface area contributed by atoms with Gasteiger partial charge in [-0.15, -0.1) is 0 Å². The monoisotopic (exact) mass is 416 g/mol. The predicted octanol–water partition coefficient (Wildman–Crippen LogP) is 3.43. The van der Waals surface area contributed by atoms with Crippen molar-refractivity contribution in [1.29, 1.82) is 0 Å². The third-order valence-corrected chi connectivity index (χ3v) is 4.98. The molecule has 1 N–H and O–H groups in total. The highest BCUT2D eigenvalue weighted by Gasteiger charge is 2.22. The van der Waals surface area contributed by atoms with Crippen LogP contribution >= 0.6 is 11.3 Å². The van der Waals surface area contributed by atoms with Crippen molar-refractivity contribution < 1.29 is 28.5 Å². The van der Waals surface area contributed by atoms with Crippen LogP contribution in [0.3, 0.4) is 0 Å². The molecule has 3 aromatic rings. The molecular formula is C20H20N2O6S. The lowest BCUT2D eigenvalue weighted by atomic mass is 10.1. The van der Waals surface area contributed by atoms with Gasteiger partial charge in [-0.05, 0) is 36.8 Å². The van der Waals surface area contributed by atoms with E-state index in [1.54, 1.807) is 6.07 Å². The third kappa shape index (κ3) is 4.40. The minimum atomic E-state index is -0.724. The first-order valence-corrected chi connectivity index (χ1v) is 9.41. The number of aromatic nitrogens is 1. The SMILES string of the molecule is COc1ccc(C(=O)OCC(=O)Nc2nc3ccc(C)cc3s2)c(OC)c1OC. The number of rotatable bonds is 7. The molecule has 2 aromatic carbocycles. The fraction of sp³-hybridized carbons (Fsp3) is 0.250. The van der Waals surface area contributed by atoms with E-state index < -0.39 is 18.5 Å². The van der Waals surface area contributed by atoms with Gasteiger partial charge >= 0.3 is 5.97 Å². The van der Waals surface area contributed by atoms with Crippen molar-refractivity contribution >= 4 is 38.6 Å². The number of nitrogens with one attached hydrogen (secondary N) is 1. The van der Waals surface area contributed by atoms with Gasteiger partial charge in [-0.3, -0.25) is 10.1 Å². The number of amides is 1. The molecule has 1 amide bonds. The van der Waals surface area contributed by atoms with Gasteiger partial charge in [-0.1, -0.05) is 17.4 Å². The van der Waals surface area contributed by atoms with E-state index in [9.17, 15) is 9.59 Å². The average molecular weight is 416 g/mol. The largest absolute Gasteiger partial charge is 0.493 e. The van der Waals surface area contributed by atoms with Crippen LogP contribution in [0, 0.1) is 6.92 Å². The molecule has 0 aliphatic carbocycles. The van der Waals surface area contributed by atoms with Gasteiger partial charge in [0.25, 0.3) is 5.91 Å². The summed E-state index contributed by atoms with van der Waals surface area (Å²) in [5, 5.41) is 3.08. The standard InChI is InChI=1S/C20H20N2O6S/c1-11-5-7-13-15(9-11)29-20(21-13)22-16(23)10-28-19(24)12-6-8-14(25-2)18(27-4)17(12)26-3/h5-9H,10H2,1-4H3,(H,21,22,23). The number of fused-ring (bicyclic) bond motifs is 1. The van der Waals surface area contributed by atoms with Crippen molar-refractivity contribution in [2.45, 2.75) is 6.92 Å². The van der Waals surface area contributed by atoms with E-state index in [4.69, 9.17) is 18.9 Å². The van der Waals surface area contributed by atoms with Crippen LogP contribution < -0.4 is 19.5 Å². The summed E-state index contributed by atoms with van der Waals surface area (Å²) in [6, 6.07) is 8.87. The lowest BCUT2D eigenvalue weighted by molar-refractivity contribution is -0.119. The molecule has 29 heavy (non-hydrogen) atoms. The van der Waals surface area contributed by atoms with Gasteiger partial charge in [0.15, 0.2) is 23.2 Å². The Morgan fingerprint density at radius 1 is 1.03 bits per heavy atom. The number of thiazole rings is 1. The van der Waals surface area contributed by atoms with Gasteiger partial charge in [-0.25, -0.2) is 9.78 Å². The van der Waals surface area contributed by atoms with Crippen LogP contribution in [0.5, 0.6) is 17.2 Å². The molecule has 3 rings (SSSR count). The summed E-state index contributed by atoms with van der Waals surface area (Å²) in [5.74, 6) is -0.381. The lowest BCUT2D eigenvalue weighted by Crippen LogP contribution is -2.21. The molecule has 0 aliphatic heterocycles. The van der Waals surface area contributed by atoms with Crippen molar-refractivity contribution in [2.75, 3.05) is 33.3 Å². The van der Waals surface area contributed by atoms with Crippen LogP contribution in [0.1, 0.15) is 15.9 Å². The predicted molar refractivity (Wildman–Crippen MR) is 109 cm³/mol. The highest BCUT2D eigenvalue weighted by molar-refractivity contribution is 7.22. The molecule has 152 valence electrons. The van der Waals surface area contributed by atoms with Gasteiger partial charge < -0.3 is 18.9 Å². The second-order valence-corrected chi connectivity index (χ2v) is 7.03. The smallest absolute Gasteiger partial charge is 0.342 e. The van der Waals surface area contributed by atoms with E-state index in [1.807, 2.05) is 25.1 Å². The van der Waals surface area contributed by atoms with Crippen LogP contribution in [0.15, 0.2) is 30.3 Å². The van der Waals surface area contributed by atoms with Gasteiger partial charge in [0.05, 0.1) is 31.5 Å². The second-order valence-electron chi connectivity index (χ2n) is 6.00. The maximum absolute atomic E-state index is 12.4. The van der Waals surface area contributed by atoms with Gasteiger partial charge in [0, 0.05) is 0 Å². The molecule has 1 aromatic heterocycles. The van der Waals surface area contributed by atoms with Gasteiger partial charge in [0.1, 0.15) is 5.56 Å². The van der Waals surface area contributed by atoms with Crippen LogP contribution in [0.25, 0.3) is 10.2 Å². The lowest BCUT2D eigenvalue weighted by Gasteiger charge is -2.15. The average Bonchev–Trinajstić information content (AvgIpc) is 3.11. The Hall–Kier alpha value is -3.33. The Bertz CT molecular complexity index is 1060. The molecule has 1 heterocycles. The van der Waals surface area contributed by atoms with E-state index in [2.05, 4.69) is 10.3 Å².